The van der Waals surface area contributed by atoms with Crippen molar-refractivity contribution in [2.75, 3.05) is 11.9 Å². The highest BCUT2D eigenvalue weighted by Crippen LogP contribution is 2.30. The Morgan fingerprint density at radius 3 is 2.87 bits per heavy atom. The molecule has 2 heterocycles. The number of amides is 1. The number of aryl methyl sites for hydroxylation is 1. The van der Waals surface area contributed by atoms with E-state index in [1.165, 1.54) is 11.3 Å². The van der Waals surface area contributed by atoms with Crippen molar-refractivity contribution in [1.82, 2.24) is 10.2 Å². The number of thiophene rings is 1. The minimum atomic E-state index is -0.365. The predicted molar refractivity (Wildman–Crippen MR) is 90.6 cm³/mol. The Labute approximate surface area is 144 Å². The lowest BCUT2D eigenvalue weighted by Crippen LogP contribution is -2.20. The van der Waals surface area contributed by atoms with Crippen LogP contribution in [0.5, 0.6) is 5.75 Å². The van der Waals surface area contributed by atoms with Crippen LogP contribution in [0.3, 0.4) is 0 Å². The van der Waals surface area contributed by atoms with Gasteiger partial charge in [0.15, 0.2) is 6.61 Å². The third-order valence-corrected chi connectivity index (χ3v) is 4.52. The van der Waals surface area contributed by atoms with Crippen LogP contribution in [0.2, 0.25) is 0 Å². The van der Waals surface area contributed by atoms with Crippen LogP contribution in [0, 0.1) is 6.92 Å². The molecule has 3 aromatic rings. The summed E-state index contributed by atoms with van der Waals surface area (Å²) >= 11 is 4.83. The second-order valence-corrected chi connectivity index (χ2v) is 7.08. The molecule has 23 heavy (non-hydrogen) atoms. The number of carbonyl (C=O) groups is 1. The molecule has 0 bridgehead atoms. The molecule has 0 atom stereocenters. The second-order valence-electron chi connectivity index (χ2n) is 4.62. The molecule has 0 aliphatic rings. The Morgan fingerprint density at radius 2 is 2.13 bits per heavy atom. The molecule has 0 aliphatic heterocycles. The number of rotatable bonds is 5. The predicted octanol–water partition coefficient (Wildman–Crippen LogP) is 3.89. The fraction of sp³-hybridized carbons (Fsp3) is 0.133. The molecule has 1 aromatic carbocycles. The highest BCUT2D eigenvalue weighted by Gasteiger charge is 2.13. The molecule has 6 nitrogen and oxygen atoms in total. The maximum absolute atomic E-state index is 11.9. The van der Waals surface area contributed by atoms with Gasteiger partial charge in [-0.25, -0.2) is 0 Å². The van der Waals surface area contributed by atoms with Gasteiger partial charge in [0.05, 0.1) is 8.66 Å². The highest BCUT2D eigenvalue weighted by molar-refractivity contribution is 9.11. The molecule has 0 radical (unpaired) electrons. The number of halogens is 1. The summed E-state index contributed by atoms with van der Waals surface area (Å²) in [5.41, 5.74) is 0.962. The fourth-order valence-corrected chi connectivity index (χ4v) is 3.13. The first-order valence-corrected chi connectivity index (χ1v) is 8.30. The van der Waals surface area contributed by atoms with Crippen molar-refractivity contribution in [1.29, 1.82) is 0 Å². The van der Waals surface area contributed by atoms with Gasteiger partial charge in [-0.1, -0.05) is 23.3 Å². The highest BCUT2D eigenvalue weighted by atomic mass is 79.9. The normalized spacial score (nSPS) is 10.5. The van der Waals surface area contributed by atoms with Crippen LogP contribution in [0.15, 0.2) is 44.6 Å². The molecule has 1 N–H and O–H groups in total. The monoisotopic (exact) mass is 393 g/mol. The standard InChI is InChI=1S/C15H12BrN3O3S/c1-9-4-2-3-5-10(9)21-8-13(20)17-15-19-18-14(22-15)11-6-7-12(16)23-11/h2-7H,8H2,1H3,(H,17,19,20). The second kappa shape index (κ2) is 6.93. The van der Waals surface area contributed by atoms with Gasteiger partial charge in [0.1, 0.15) is 5.75 Å². The van der Waals surface area contributed by atoms with Crippen molar-refractivity contribution in [3.05, 3.63) is 45.7 Å². The lowest BCUT2D eigenvalue weighted by atomic mass is 10.2. The Kier molecular flexibility index (Phi) is 4.73. The first-order chi connectivity index (χ1) is 11.1. The Balaban J connectivity index is 1.58. The molecule has 0 unspecified atom stereocenters. The number of anilines is 1. The van der Waals surface area contributed by atoms with Gasteiger partial charge in [0.2, 0.25) is 0 Å². The number of nitrogens with one attached hydrogen (secondary N) is 1. The summed E-state index contributed by atoms with van der Waals surface area (Å²) in [5, 5.41) is 10.2. The van der Waals surface area contributed by atoms with Gasteiger partial charge < -0.3 is 9.15 Å². The minimum absolute atomic E-state index is 0.0444. The van der Waals surface area contributed by atoms with Crippen LogP contribution in [-0.2, 0) is 4.79 Å². The molecule has 0 fully saturated rings. The van der Waals surface area contributed by atoms with Crippen LogP contribution in [-0.4, -0.2) is 22.7 Å². The van der Waals surface area contributed by atoms with E-state index in [9.17, 15) is 4.79 Å². The van der Waals surface area contributed by atoms with Crippen LogP contribution in [0.1, 0.15) is 5.56 Å². The number of hydrogen-bond acceptors (Lipinski definition) is 6. The molecule has 0 spiro atoms. The maximum Gasteiger partial charge on any atom is 0.322 e. The smallest absolute Gasteiger partial charge is 0.322 e. The van der Waals surface area contributed by atoms with Gasteiger partial charge in [-0.15, -0.1) is 16.4 Å². The van der Waals surface area contributed by atoms with E-state index in [4.69, 9.17) is 9.15 Å². The fourth-order valence-electron chi connectivity index (χ4n) is 1.82. The van der Waals surface area contributed by atoms with Gasteiger partial charge in [-0.05, 0) is 46.6 Å². The summed E-state index contributed by atoms with van der Waals surface area (Å²) in [4.78, 5) is 12.7. The molecule has 0 saturated heterocycles. The number of benzene rings is 1. The quantitative estimate of drug-likeness (QED) is 0.711. The van der Waals surface area contributed by atoms with Crippen molar-refractivity contribution in [2.24, 2.45) is 0 Å². The van der Waals surface area contributed by atoms with Crippen LogP contribution < -0.4 is 10.1 Å². The molecule has 8 heteroatoms. The van der Waals surface area contributed by atoms with Crippen molar-refractivity contribution in [3.8, 4) is 16.5 Å². The number of aromatic nitrogens is 2. The Morgan fingerprint density at radius 1 is 1.30 bits per heavy atom. The van der Waals surface area contributed by atoms with E-state index < -0.39 is 0 Å². The topological polar surface area (TPSA) is 77.2 Å². The summed E-state index contributed by atoms with van der Waals surface area (Å²) in [6.45, 7) is 1.78. The summed E-state index contributed by atoms with van der Waals surface area (Å²) in [5.74, 6) is 0.656. The molecule has 3 rings (SSSR count). The van der Waals surface area contributed by atoms with E-state index in [-0.39, 0.29) is 18.5 Å². The van der Waals surface area contributed by atoms with Crippen LogP contribution >= 0.6 is 27.3 Å². The number of ether oxygens (including phenoxy) is 1. The summed E-state index contributed by atoms with van der Waals surface area (Å²) in [7, 11) is 0. The molecular formula is C15H12BrN3O3S. The summed E-state index contributed by atoms with van der Waals surface area (Å²) in [6.07, 6.45) is 0. The van der Waals surface area contributed by atoms with Crippen LogP contribution in [0.4, 0.5) is 6.01 Å². The van der Waals surface area contributed by atoms with E-state index in [1.54, 1.807) is 0 Å². The van der Waals surface area contributed by atoms with E-state index >= 15 is 0 Å². The zero-order chi connectivity index (χ0) is 16.2. The zero-order valence-electron chi connectivity index (χ0n) is 12.1. The van der Waals surface area contributed by atoms with Crippen molar-refractivity contribution in [3.63, 3.8) is 0 Å². The van der Waals surface area contributed by atoms with Gasteiger partial charge >= 0.3 is 6.01 Å². The van der Waals surface area contributed by atoms with E-state index in [0.29, 0.717) is 11.6 Å². The summed E-state index contributed by atoms with van der Waals surface area (Å²) < 4.78 is 11.8. The van der Waals surface area contributed by atoms with Crippen LogP contribution in [0.25, 0.3) is 10.8 Å². The molecule has 2 aromatic heterocycles. The number of para-hydroxylation sites is 1. The third-order valence-electron chi connectivity index (χ3n) is 2.91. The van der Waals surface area contributed by atoms with Gasteiger partial charge in [0, 0.05) is 0 Å². The number of carbonyl (C=O) groups excluding carboxylic acids is 1. The molecule has 118 valence electrons. The van der Waals surface area contributed by atoms with Crippen molar-refractivity contribution in [2.45, 2.75) is 6.92 Å². The van der Waals surface area contributed by atoms with Gasteiger partial charge in [-0.3, -0.25) is 10.1 Å². The summed E-state index contributed by atoms with van der Waals surface area (Å²) in [6, 6.07) is 11.3. The molecule has 0 saturated carbocycles. The Bertz CT molecular complexity index is 831. The maximum atomic E-state index is 11.9. The van der Waals surface area contributed by atoms with E-state index in [0.717, 1.165) is 14.2 Å². The van der Waals surface area contributed by atoms with E-state index in [2.05, 4.69) is 31.4 Å². The average molecular weight is 394 g/mol. The molecular weight excluding hydrogens is 382 g/mol. The van der Waals surface area contributed by atoms with Gasteiger partial charge in [-0.2, -0.15) is 0 Å². The molecule has 0 aliphatic carbocycles. The lowest BCUT2D eigenvalue weighted by Gasteiger charge is -2.07. The largest absolute Gasteiger partial charge is 0.483 e. The molecule has 1 amide bonds. The SMILES string of the molecule is Cc1ccccc1OCC(=O)Nc1nnc(-c2ccc(Br)s2)o1. The van der Waals surface area contributed by atoms with E-state index in [1.807, 2.05) is 43.3 Å². The third kappa shape index (κ3) is 3.96. The first-order valence-electron chi connectivity index (χ1n) is 6.69. The first kappa shape index (κ1) is 15.7. The van der Waals surface area contributed by atoms with Crippen molar-refractivity contribution < 1.29 is 13.9 Å². The Hall–Kier alpha value is -2.19. The van der Waals surface area contributed by atoms with Crippen molar-refractivity contribution >= 4 is 39.2 Å². The average Bonchev–Trinajstić information content (AvgIpc) is 3.15. The lowest BCUT2D eigenvalue weighted by molar-refractivity contribution is -0.118. The minimum Gasteiger partial charge on any atom is -0.483 e. The number of hydrogen-bond donors (Lipinski definition) is 1. The number of nitrogens with zero attached hydrogens (tertiary/aromatic N) is 2. The zero-order valence-corrected chi connectivity index (χ0v) is 14.5. The van der Waals surface area contributed by atoms with Gasteiger partial charge in [0.25, 0.3) is 11.8 Å².